The van der Waals surface area contributed by atoms with Gasteiger partial charge in [-0.15, -0.1) is 15.3 Å². The molecule has 22 heavy (non-hydrogen) atoms. The van der Waals surface area contributed by atoms with Crippen LogP contribution in [0.1, 0.15) is 13.8 Å². The Morgan fingerprint density at radius 1 is 1.32 bits per heavy atom. The van der Waals surface area contributed by atoms with Crippen molar-refractivity contribution < 1.29 is 9.90 Å². The molecule has 0 saturated heterocycles. The molecular formula is C14H15N5O2S. The van der Waals surface area contributed by atoms with Crippen LogP contribution in [-0.4, -0.2) is 36.9 Å². The number of hydrogen-bond acceptors (Lipinski definition) is 6. The molecule has 0 spiro atoms. The van der Waals surface area contributed by atoms with Crippen molar-refractivity contribution in [2.45, 2.75) is 19.9 Å². The molecule has 0 unspecified atom stereocenters. The van der Waals surface area contributed by atoms with E-state index >= 15 is 0 Å². The topological polar surface area (TPSA) is 92.4 Å². The third kappa shape index (κ3) is 2.64. The Morgan fingerprint density at radius 2 is 2.14 bits per heavy atom. The Morgan fingerprint density at radius 3 is 2.77 bits per heavy atom. The normalized spacial score (nSPS) is 12.7. The molecule has 0 aromatic carbocycles. The highest BCUT2D eigenvalue weighted by Crippen LogP contribution is 2.21. The first-order chi connectivity index (χ1) is 10.6. The van der Waals surface area contributed by atoms with Gasteiger partial charge in [-0.25, -0.2) is 4.79 Å². The highest BCUT2D eigenvalue weighted by molar-refractivity contribution is 7.08. The third-order valence-electron chi connectivity index (χ3n) is 3.28. The maximum Gasteiger partial charge on any atom is 0.326 e. The predicted molar refractivity (Wildman–Crippen MR) is 84.0 cm³/mol. The molecule has 0 aliphatic carbocycles. The number of hydrogen-bond donors (Lipinski definition) is 2. The van der Waals surface area contributed by atoms with Gasteiger partial charge in [-0.2, -0.15) is 15.9 Å². The smallest absolute Gasteiger partial charge is 0.326 e. The molecule has 0 amide bonds. The number of carboxylic acids is 1. The van der Waals surface area contributed by atoms with Crippen LogP contribution in [-0.2, 0) is 4.79 Å². The van der Waals surface area contributed by atoms with Crippen LogP contribution in [0.5, 0.6) is 0 Å². The van der Waals surface area contributed by atoms with E-state index in [1.54, 1.807) is 28.0 Å². The van der Waals surface area contributed by atoms with Gasteiger partial charge in [-0.1, -0.05) is 13.8 Å². The molecule has 8 heteroatoms. The Balaban J connectivity index is 1.98. The van der Waals surface area contributed by atoms with Gasteiger partial charge in [0.05, 0.1) is 0 Å². The van der Waals surface area contributed by atoms with Crippen molar-refractivity contribution in [1.29, 1.82) is 0 Å². The van der Waals surface area contributed by atoms with Crippen LogP contribution >= 0.6 is 11.3 Å². The minimum atomic E-state index is -0.904. The molecule has 7 nitrogen and oxygen atoms in total. The van der Waals surface area contributed by atoms with Gasteiger partial charge in [-0.05, 0) is 29.5 Å². The Kier molecular flexibility index (Phi) is 3.76. The minimum Gasteiger partial charge on any atom is -0.480 e. The standard InChI is InChI=1S/C14H15N5O2S/c1-8(2)12(14(20)21)15-10-3-4-11-16-17-13(19(11)18-10)9-5-6-22-7-9/h3-8,12H,1-2H3,(H,15,18)(H,20,21)/t12-/m0/s1. The maximum absolute atomic E-state index is 11.3. The molecule has 1 atom stereocenters. The average Bonchev–Trinajstić information content (AvgIpc) is 3.12. The molecule has 114 valence electrons. The van der Waals surface area contributed by atoms with Crippen LogP contribution < -0.4 is 5.32 Å². The van der Waals surface area contributed by atoms with Crippen LogP contribution in [0.3, 0.4) is 0 Å². The fourth-order valence-electron chi connectivity index (χ4n) is 2.11. The lowest BCUT2D eigenvalue weighted by Gasteiger charge is -2.18. The van der Waals surface area contributed by atoms with Crippen LogP contribution in [0.25, 0.3) is 17.0 Å². The van der Waals surface area contributed by atoms with E-state index in [0.717, 1.165) is 5.56 Å². The van der Waals surface area contributed by atoms with Crippen molar-refractivity contribution in [2.24, 2.45) is 5.92 Å². The minimum absolute atomic E-state index is 0.0627. The number of rotatable bonds is 5. The first-order valence-electron chi connectivity index (χ1n) is 6.80. The Bertz CT molecular complexity index is 797. The summed E-state index contributed by atoms with van der Waals surface area (Å²) in [5.41, 5.74) is 1.55. The summed E-state index contributed by atoms with van der Waals surface area (Å²) in [6, 6.07) is 4.71. The highest BCUT2D eigenvalue weighted by Gasteiger charge is 2.22. The molecule has 2 N–H and O–H groups in total. The van der Waals surface area contributed by atoms with Gasteiger partial charge >= 0.3 is 5.97 Å². The van der Waals surface area contributed by atoms with E-state index < -0.39 is 12.0 Å². The van der Waals surface area contributed by atoms with Crippen LogP contribution in [0, 0.1) is 5.92 Å². The summed E-state index contributed by atoms with van der Waals surface area (Å²) in [6.07, 6.45) is 0. The van der Waals surface area contributed by atoms with Gasteiger partial charge in [0.15, 0.2) is 11.5 Å². The van der Waals surface area contributed by atoms with E-state index in [-0.39, 0.29) is 5.92 Å². The van der Waals surface area contributed by atoms with Gasteiger partial charge in [0.2, 0.25) is 0 Å². The summed E-state index contributed by atoms with van der Waals surface area (Å²) in [4.78, 5) is 11.3. The van der Waals surface area contributed by atoms with Gasteiger partial charge in [0, 0.05) is 10.9 Å². The van der Waals surface area contributed by atoms with Crippen LogP contribution in [0.15, 0.2) is 29.0 Å². The molecule has 0 bridgehead atoms. The Labute approximate surface area is 130 Å². The van der Waals surface area contributed by atoms with E-state index in [4.69, 9.17) is 0 Å². The van der Waals surface area contributed by atoms with Crippen molar-refractivity contribution in [2.75, 3.05) is 5.32 Å². The summed E-state index contributed by atoms with van der Waals surface area (Å²) in [5, 5.41) is 28.8. The lowest BCUT2D eigenvalue weighted by atomic mass is 10.1. The number of aliphatic carboxylic acids is 1. The van der Waals surface area contributed by atoms with E-state index in [2.05, 4.69) is 20.6 Å². The highest BCUT2D eigenvalue weighted by atomic mass is 32.1. The molecular weight excluding hydrogens is 302 g/mol. The van der Waals surface area contributed by atoms with Gasteiger partial charge in [-0.3, -0.25) is 0 Å². The molecule has 3 aromatic rings. The first-order valence-corrected chi connectivity index (χ1v) is 7.75. The number of nitrogens with zero attached hydrogens (tertiary/aromatic N) is 4. The fourth-order valence-corrected chi connectivity index (χ4v) is 2.74. The number of carboxylic acid groups (broad SMARTS) is 1. The molecule has 3 rings (SSSR count). The lowest BCUT2D eigenvalue weighted by molar-refractivity contribution is -0.138. The maximum atomic E-state index is 11.3. The van der Waals surface area contributed by atoms with E-state index in [9.17, 15) is 9.90 Å². The zero-order chi connectivity index (χ0) is 15.7. The second kappa shape index (κ2) is 5.72. The second-order valence-electron chi connectivity index (χ2n) is 5.23. The quantitative estimate of drug-likeness (QED) is 0.750. The second-order valence-corrected chi connectivity index (χ2v) is 6.01. The molecule has 0 aliphatic heterocycles. The molecule has 3 aromatic heterocycles. The third-order valence-corrected chi connectivity index (χ3v) is 3.96. The lowest BCUT2D eigenvalue weighted by Crippen LogP contribution is -2.34. The summed E-state index contributed by atoms with van der Waals surface area (Å²) >= 11 is 1.57. The molecule has 0 radical (unpaired) electrons. The average molecular weight is 317 g/mol. The van der Waals surface area contributed by atoms with Crippen LogP contribution in [0.4, 0.5) is 5.82 Å². The van der Waals surface area contributed by atoms with Crippen molar-refractivity contribution in [3.05, 3.63) is 29.0 Å². The van der Waals surface area contributed by atoms with Crippen molar-refractivity contribution in [1.82, 2.24) is 19.8 Å². The molecule has 0 saturated carbocycles. The molecule has 3 heterocycles. The van der Waals surface area contributed by atoms with E-state index in [0.29, 0.717) is 17.3 Å². The zero-order valence-electron chi connectivity index (χ0n) is 12.1. The first kappa shape index (κ1) is 14.5. The van der Waals surface area contributed by atoms with E-state index in [1.165, 1.54) is 0 Å². The van der Waals surface area contributed by atoms with Gasteiger partial charge in [0.1, 0.15) is 11.9 Å². The summed E-state index contributed by atoms with van der Waals surface area (Å²) in [7, 11) is 0. The van der Waals surface area contributed by atoms with E-state index in [1.807, 2.05) is 30.7 Å². The van der Waals surface area contributed by atoms with Crippen LogP contribution in [0.2, 0.25) is 0 Å². The summed E-state index contributed by atoms with van der Waals surface area (Å²) in [5.74, 6) is 0.146. The van der Waals surface area contributed by atoms with Crippen molar-refractivity contribution >= 4 is 28.8 Å². The van der Waals surface area contributed by atoms with Gasteiger partial charge < -0.3 is 10.4 Å². The number of fused-ring (bicyclic) bond motifs is 1. The fraction of sp³-hybridized carbons (Fsp3) is 0.286. The molecule has 0 fully saturated rings. The number of aromatic nitrogens is 4. The number of anilines is 1. The van der Waals surface area contributed by atoms with Gasteiger partial charge in [0.25, 0.3) is 0 Å². The molecule has 0 aliphatic rings. The number of carbonyl (C=O) groups is 1. The number of thiophene rings is 1. The SMILES string of the molecule is CC(C)[C@H](Nc1ccc2nnc(-c3ccsc3)n2n1)C(=O)O. The number of nitrogens with one attached hydrogen (secondary N) is 1. The summed E-state index contributed by atoms with van der Waals surface area (Å²) in [6.45, 7) is 3.69. The van der Waals surface area contributed by atoms with Crippen molar-refractivity contribution in [3.63, 3.8) is 0 Å². The largest absolute Gasteiger partial charge is 0.480 e. The zero-order valence-corrected chi connectivity index (χ0v) is 12.9. The van der Waals surface area contributed by atoms with Crippen molar-refractivity contribution in [3.8, 4) is 11.4 Å². The monoisotopic (exact) mass is 317 g/mol. The predicted octanol–water partition coefficient (Wildman–Crippen LogP) is 2.37. The summed E-state index contributed by atoms with van der Waals surface area (Å²) < 4.78 is 1.61. The Hall–Kier alpha value is -2.48.